The van der Waals surface area contributed by atoms with Gasteiger partial charge in [0.1, 0.15) is 5.82 Å². The minimum absolute atomic E-state index is 0.110. The summed E-state index contributed by atoms with van der Waals surface area (Å²) in [5, 5.41) is 0. The van der Waals surface area contributed by atoms with Crippen LogP contribution in [0, 0.1) is 6.92 Å². The maximum atomic E-state index is 10.8. The van der Waals surface area contributed by atoms with Crippen molar-refractivity contribution in [3.05, 3.63) is 26.8 Å². The van der Waals surface area contributed by atoms with Gasteiger partial charge in [0.25, 0.3) is 0 Å². The molecule has 1 aromatic rings. The Balaban J connectivity index is 3.74. The van der Waals surface area contributed by atoms with E-state index in [0.29, 0.717) is 8.17 Å². The van der Waals surface area contributed by atoms with E-state index in [9.17, 15) is 9.59 Å². The molecule has 0 amide bonds. The monoisotopic (exact) mass is 195 g/mol. The summed E-state index contributed by atoms with van der Waals surface area (Å²) in [6.07, 6.45) is 0. The van der Waals surface area contributed by atoms with Crippen LogP contribution in [-0.2, 0) is 0 Å². The van der Waals surface area contributed by atoms with Crippen LogP contribution in [0.1, 0.15) is 5.82 Å². The SMILES string of the molecule is Cc1nc(=O)n(Cl)c(=O)n1Cl. The summed E-state index contributed by atoms with van der Waals surface area (Å²) in [7, 11) is 0. The van der Waals surface area contributed by atoms with Crippen molar-refractivity contribution in [2.75, 3.05) is 0 Å². The number of hydrogen-bond acceptors (Lipinski definition) is 3. The Morgan fingerprint density at radius 2 is 1.82 bits per heavy atom. The number of nitrogens with zero attached hydrogens (tertiary/aromatic N) is 3. The van der Waals surface area contributed by atoms with E-state index in [0.717, 1.165) is 0 Å². The molecule has 0 aliphatic heterocycles. The topological polar surface area (TPSA) is 56.9 Å². The third-order valence-corrected chi connectivity index (χ3v) is 1.72. The summed E-state index contributed by atoms with van der Waals surface area (Å²) >= 11 is 10.5. The van der Waals surface area contributed by atoms with Crippen molar-refractivity contribution in [2.24, 2.45) is 0 Å². The molecule has 1 rings (SSSR count). The minimum Gasteiger partial charge on any atom is -0.245 e. The van der Waals surface area contributed by atoms with Gasteiger partial charge in [-0.1, -0.05) is 0 Å². The van der Waals surface area contributed by atoms with E-state index in [1.165, 1.54) is 6.92 Å². The highest BCUT2D eigenvalue weighted by molar-refractivity contribution is 6.17. The van der Waals surface area contributed by atoms with Gasteiger partial charge in [-0.3, -0.25) is 0 Å². The molecule has 0 saturated heterocycles. The Morgan fingerprint density at radius 3 is 2.36 bits per heavy atom. The zero-order valence-corrected chi connectivity index (χ0v) is 6.93. The summed E-state index contributed by atoms with van der Waals surface area (Å²) < 4.78 is 0.967. The van der Waals surface area contributed by atoms with Gasteiger partial charge in [0.05, 0.1) is 0 Å². The first-order valence-corrected chi connectivity index (χ1v) is 3.26. The normalized spacial score (nSPS) is 10.1. The molecule has 0 unspecified atom stereocenters. The van der Waals surface area contributed by atoms with Crippen LogP contribution in [0.3, 0.4) is 0 Å². The van der Waals surface area contributed by atoms with Gasteiger partial charge in [-0.25, -0.2) is 9.59 Å². The van der Waals surface area contributed by atoms with E-state index in [4.69, 9.17) is 23.6 Å². The molecule has 11 heavy (non-hydrogen) atoms. The molecule has 0 fully saturated rings. The number of aryl methyl sites for hydroxylation is 1. The molecule has 0 saturated carbocycles. The molecule has 1 heterocycles. The Hall–Kier alpha value is -0.810. The highest BCUT2D eigenvalue weighted by atomic mass is 35.5. The van der Waals surface area contributed by atoms with Crippen molar-refractivity contribution in [2.45, 2.75) is 6.92 Å². The van der Waals surface area contributed by atoms with E-state index in [1.54, 1.807) is 0 Å². The van der Waals surface area contributed by atoms with Crippen molar-refractivity contribution >= 4 is 23.6 Å². The largest absolute Gasteiger partial charge is 0.368 e. The first kappa shape index (κ1) is 8.29. The third kappa shape index (κ3) is 1.29. The van der Waals surface area contributed by atoms with Gasteiger partial charge in [0, 0.05) is 23.6 Å². The van der Waals surface area contributed by atoms with Crippen LogP contribution in [0.15, 0.2) is 9.59 Å². The molecule has 1 aromatic heterocycles. The molecule has 0 aliphatic carbocycles. The summed E-state index contributed by atoms with van der Waals surface area (Å²) in [6, 6.07) is 0. The van der Waals surface area contributed by atoms with E-state index in [2.05, 4.69) is 4.98 Å². The average molecular weight is 196 g/mol. The van der Waals surface area contributed by atoms with Gasteiger partial charge in [0.2, 0.25) is 0 Å². The van der Waals surface area contributed by atoms with E-state index < -0.39 is 11.4 Å². The van der Waals surface area contributed by atoms with Crippen molar-refractivity contribution in [1.82, 2.24) is 13.2 Å². The van der Waals surface area contributed by atoms with Crippen LogP contribution in [0.5, 0.6) is 0 Å². The Kier molecular flexibility index (Phi) is 2.01. The van der Waals surface area contributed by atoms with Gasteiger partial charge in [-0.2, -0.15) is 9.07 Å². The molecule has 0 aliphatic rings. The van der Waals surface area contributed by atoms with Crippen LogP contribution in [-0.4, -0.2) is 13.2 Å². The van der Waals surface area contributed by atoms with Crippen molar-refractivity contribution in [3.63, 3.8) is 0 Å². The Labute approximate surface area is 71.0 Å². The second-order valence-electron chi connectivity index (χ2n) is 1.79. The maximum Gasteiger partial charge on any atom is 0.368 e. The van der Waals surface area contributed by atoms with E-state index in [-0.39, 0.29) is 5.82 Å². The quantitative estimate of drug-likeness (QED) is 0.573. The number of hydrogen-bond donors (Lipinski definition) is 0. The maximum absolute atomic E-state index is 10.8. The second-order valence-corrected chi connectivity index (χ2v) is 2.46. The first-order chi connectivity index (χ1) is 5.04. The van der Waals surface area contributed by atoms with Crippen LogP contribution in [0.2, 0.25) is 0 Å². The van der Waals surface area contributed by atoms with Crippen molar-refractivity contribution in [1.29, 1.82) is 0 Å². The molecular formula is C4H3Cl2N3O2. The fourth-order valence-electron chi connectivity index (χ4n) is 0.524. The fourth-order valence-corrected chi connectivity index (χ4v) is 0.789. The average Bonchev–Trinajstić information content (AvgIpc) is 1.97. The van der Waals surface area contributed by atoms with Crippen LogP contribution in [0.25, 0.3) is 0 Å². The number of rotatable bonds is 0. The van der Waals surface area contributed by atoms with Gasteiger partial charge in [0.15, 0.2) is 0 Å². The number of halogens is 2. The fraction of sp³-hybridized carbons (Fsp3) is 0.250. The molecule has 0 spiro atoms. The zero-order valence-electron chi connectivity index (χ0n) is 5.41. The lowest BCUT2D eigenvalue weighted by Crippen LogP contribution is -2.35. The molecule has 0 bridgehead atoms. The summed E-state index contributed by atoms with van der Waals surface area (Å²) in [5.74, 6) is 0.110. The van der Waals surface area contributed by atoms with Crippen LogP contribution >= 0.6 is 23.6 Å². The summed E-state index contributed by atoms with van der Waals surface area (Å²) in [4.78, 5) is 24.8. The van der Waals surface area contributed by atoms with E-state index >= 15 is 0 Å². The van der Waals surface area contributed by atoms with Gasteiger partial charge < -0.3 is 0 Å². The minimum atomic E-state index is -0.828. The number of aromatic nitrogens is 3. The van der Waals surface area contributed by atoms with Crippen LogP contribution < -0.4 is 11.4 Å². The lowest BCUT2D eigenvalue weighted by atomic mass is 10.7. The smallest absolute Gasteiger partial charge is 0.245 e. The first-order valence-electron chi connectivity index (χ1n) is 2.59. The van der Waals surface area contributed by atoms with Gasteiger partial charge in [-0.15, -0.1) is 4.09 Å². The highest BCUT2D eigenvalue weighted by Crippen LogP contribution is 1.87. The third-order valence-electron chi connectivity index (χ3n) is 1.05. The summed E-state index contributed by atoms with van der Waals surface area (Å²) in [5.41, 5.74) is -1.64. The zero-order chi connectivity index (χ0) is 8.59. The van der Waals surface area contributed by atoms with Gasteiger partial charge in [-0.05, 0) is 6.92 Å². The lowest BCUT2D eigenvalue weighted by Gasteiger charge is -1.97. The predicted molar refractivity (Wildman–Crippen MR) is 40.0 cm³/mol. The van der Waals surface area contributed by atoms with E-state index in [1.807, 2.05) is 0 Å². The predicted octanol–water partition coefficient (Wildman–Crippen LogP) is -0.283. The molecule has 7 heteroatoms. The Bertz CT molecular complexity index is 393. The highest BCUT2D eigenvalue weighted by Gasteiger charge is 2.05. The molecular weight excluding hydrogens is 193 g/mol. The van der Waals surface area contributed by atoms with Crippen LogP contribution in [0.4, 0.5) is 0 Å². The lowest BCUT2D eigenvalue weighted by molar-refractivity contribution is 0.803. The molecule has 5 nitrogen and oxygen atoms in total. The molecule has 0 radical (unpaired) electrons. The van der Waals surface area contributed by atoms with Crippen molar-refractivity contribution < 1.29 is 0 Å². The molecule has 0 N–H and O–H groups in total. The molecule has 60 valence electrons. The van der Waals surface area contributed by atoms with Crippen molar-refractivity contribution in [3.8, 4) is 0 Å². The molecule has 0 aromatic carbocycles. The van der Waals surface area contributed by atoms with Gasteiger partial charge >= 0.3 is 11.4 Å². The molecule has 0 atom stereocenters. The Morgan fingerprint density at radius 1 is 1.27 bits per heavy atom. The second kappa shape index (κ2) is 2.67. The summed E-state index contributed by atoms with van der Waals surface area (Å²) in [6.45, 7) is 1.42. The standard InChI is InChI=1S/C4H3Cl2N3O2/c1-2-7-3(10)9(6)4(11)8(2)5/h1H3.